The minimum atomic E-state index is -3.62. The second-order valence-electron chi connectivity index (χ2n) is 7.85. The van der Waals surface area contributed by atoms with E-state index in [0.29, 0.717) is 18.6 Å². The van der Waals surface area contributed by atoms with Gasteiger partial charge < -0.3 is 10.0 Å². The van der Waals surface area contributed by atoms with E-state index in [2.05, 4.69) is 14.6 Å². The number of nitrogens with zero attached hydrogens (tertiary/aromatic N) is 2. The Kier molecular flexibility index (Phi) is 6.43. The Morgan fingerprint density at radius 1 is 1.03 bits per heavy atom. The molecule has 0 aliphatic carbocycles. The molecule has 1 aliphatic rings. The van der Waals surface area contributed by atoms with Crippen molar-refractivity contribution in [1.29, 1.82) is 0 Å². The topological polar surface area (TPSA) is 82.5 Å². The van der Waals surface area contributed by atoms with Gasteiger partial charge in [0.15, 0.2) is 0 Å². The van der Waals surface area contributed by atoms with Crippen molar-refractivity contribution in [1.82, 2.24) is 14.6 Å². The van der Waals surface area contributed by atoms with E-state index in [4.69, 9.17) is 0 Å². The number of sulfonamides is 1. The van der Waals surface area contributed by atoms with Gasteiger partial charge in [-0.2, -0.15) is 0 Å². The van der Waals surface area contributed by atoms with Gasteiger partial charge in [-0.1, -0.05) is 48.5 Å². The van der Waals surface area contributed by atoms with Crippen LogP contribution in [0.15, 0.2) is 71.8 Å². The van der Waals surface area contributed by atoms with Gasteiger partial charge in [-0.3, -0.25) is 4.98 Å². The summed E-state index contributed by atoms with van der Waals surface area (Å²) in [7, 11) is -3.62. The smallest absolute Gasteiger partial charge is 0.242 e. The average Bonchev–Trinajstić information content (AvgIpc) is 2.79. The second-order valence-corrected chi connectivity index (χ2v) is 9.59. The number of aliphatic hydroxyl groups excluding tert-OH is 1. The van der Waals surface area contributed by atoms with Crippen molar-refractivity contribution in [3.63, 3.8) is 0 Å². The molecule has 1 saturated heterocycles. The number of likely N-dealkylation sites (tertiary alicyclic amines) is 1. The first-order chi connectivity index (χ1) is 14.5. The minimum absolute atomic E-state index is 0.226. The molecule has 0 radical (unpaired) electrons. The van der Waals surface area contributed by atoms with Crippen molar-refractivity contribution in [3.8, 4) is 0 Å². The Labute approximate surface area is 177 Å². The predicted octanol–water partition coefficient (Wildman–Crippen LogP) is 2.96. The van der Waals surface area contributed by atoms with Gasteiger partial charge in [0.25, 0.3) is 0 Å². The van der Waals surface area contributed by atoms with Gasteiger partial charge >= 0.3 is 0 Å². The Balaban J connectivity index is 1.31. The molecule has 1 fully saturated rings. The molecule has 1 aromatic heterocycles. The molecule has 2 aromatic carbocycles. The highest BCUT2D eigenvalue weighted by atomic mass is 32.2. The molecule has 158 valence electrons. The number of aliphatic hydroxyl groups is 1. The van der Waals surface area contributed by atoms with Gasteiger partial charge in [-0.05, 0) is 49.5 Å². The number of pyridine rings is 1. The van der Waals surface area contributed by atoms with Crippen LogP contribution in [-0.4, -0.2) is 49.6 Å². The summed E-state index contributed by atoms with van der Waals surface area (Å²) in [4.78, 5) is 6.73. The van der Waals surface area contributed by atoms with Crippen LogP contribution in [0.4, 0.5) is 0 Å². The highest BCUT2D eigenvalue weighted by Crippen LogP contribution is 2.23. The quantitative estimate of drug-likeness (QED) is 0.608. The largest absolute Gasteiger partial charge is 0.387 e. The zero-order chi connectivity index (χ0) is 21.0. The number of fused-ring (bicyclic) bond motifs is 1. The van der Waals surface area contributed by atoms with E-state index in [1.54, 1.807) is 24.4 Å². The fourth-order valence-corrected chi connectivity index (χ4v) is 5.29. The maximum Gasteiger partial charge on any atom is 0.242 e. The first-order valence-electron chi connectivity index (χ1n) is 10.3. The summed E-state index contributed by atoms with van der Waals surface area (Å²) in [5.74, 6) is 0.285. The van der Waals surface area contributed by atoms with Crippen molar-refractivity contribution in [2.24, 2.45) is 5.92 Å². The lowest BCUT2D eigenvalue weighted by molar-refractivity contribution is 0.0899. The van der Waals surface area contributed by atoms with E-state index in [0.717, 1.165) is 36.9 Å². The molecule has 30 heavy (non-hydrogen) atoms. The molecule has 7 heteroatoms. The number of hydrogen-bond donors (Lipinski definition) is 2. The normalized spacial score (nSPS) is 17.2. The molecular weight excluding hydrogens is 398 g/mol. The van der Waals surface area contributed by atoms with E-state index in [1.807, 2.05) is 42.5 Å². The molecule has 3 aromatic rings. The molecule has 0 saturated carbocycles. The molecule has 0 spiro atoms. The number of hydrogen-bond acceptors (Lipinski definition) is 5. The third-order valence-electron chi connectivity index (χ3n) is 5.77. The highest BCUT2D eigenvalue weighted by Gasteiger charge is 2.24. The number of β-amino-alcohol motifs (C(OH)–C–C–N with tert-alkyl or cyclic N) is 1. The van der Waals surface area contributed by atoms with Crippen LogP contribution in [0.1, 0.15) is 24.5 Å². The maximum atomic E-state index is 12.9. The van der Waals surface area contributed by atoms with Gasteiger partial charge in [0.05, 0.1) is 11.6 Å². The number of para-hydroxylation sites is 1. The fraction of sp³-hybridized carbons (Fsp3) is 0.348. The molecule has 2 heterocycles. The molecule has 6 nitrogen and oxygen atoms in total. The summed E-state index contributed by atoms with van der Waals surface area (Å²) in [6.45, 7) is 2.73. The Morgan fingerprint density at radius 3 is 2.53 bits per heavy atom. The number of piperidine rings is 1. The van der Waals surface area contributed by atoms with Crippen LogP contribution < -0.4 is 4.72 Å². The Morgan fingerprint density at radius 2 is 1.77 bits per heavy atom. The van der Waals surface area contributed by atoms with Crippen LogP contribution in [0.2, 0.25) is 0 Å². The van der Waals surface area contributed by atoms with Gasteiger partial charge in [-0.15, -0.1) is 0 Å². The average molecular weight is 426 g/mol. The van der Waals surface area contributed by atoms with E-state index in [-0.39, 0.29) is 10.8 Å². The second kappa shape index (κ2) is 9.22. The summed E-state index contributed by atoms with van der Waals surface area (Å²) in [5.41, 5.74) is 1.42. The van der Waals surface area contributed by atoms with Crippen LogP contribution in [0.25, 0.3) is 10.9 Å². The van der Waals surface area contributed by atoms with Crippen LogP contribution in [0, 0.1) is 5.92 Å². The Bertz CT molecular complexity index is 1080. The molecule has 0 amide bonds. The molecule has 0 unspecified atom stereocenters. The predicted molar refractivity (Wildman–Crippen MR) is 117 cm³/mol. The SMILES string of the molecule is O=S(=O)(NCC1CCN(C[C@H](O)c2ccccc2)CC1)c1cccc2cccnc12. The van der Waals surface area contributed by atoms with Crippen molar-refractivity contribution >= 4 is 20.9 Å². The van der Waals surface area contributed by atoms with Crippen LogP contribution in [0.3, 0.4) is 0 Å². The summed E-state index contributed by atoms with van der Waals surface area (Å²) in [5, 5.41) is 11.2. The van der Waals surface area contributed by atoms with Crippen molar-refractivity contribution in [2.75, 3.05) is 26.2 Å². The van der Waals surface area contributed by atoms with Crippen molar-refractivity contribution in [2.45, 2.75) is 23.8 Å². The lowest BCUT2D eigenvalue weighted by Gasteiger charge is -2.33. The summed E-state index contributed by atoms with van der Waals surface area (Å²) in [6.07, 6.45) is 2.91. The molecule has 2 N–H and O–H groups in total. The maximum absolute atomic E-state index is 12.9. The summed E-state index contributed by atoms with van der Waals surface area (Å²) in [6, 6.07) is 18.6. The fourth-order valence-electron chi connectivity index (χ4n) is 4.00. The third-order valence-corrected chi connectivity index (χ3v) is 7.23. The number of nitrogens with one attached hydrogen (secondary N) is 1. The monoisotopic (exact) mass is 425 g/mol. The molecule has 1 aliphatic heterocycles. The molecule has 0 bridgehead atoms. The van der Waals surface area contributed by atoms with Gasteiger partial charge in [0, 0.05) is 24.7 Å². The van der Waals surface area contributed by atoms with Gasteiger partial charge in [0.2, 0.25) is 10.0 Å². The van der Waals surface area contributed by atoms with Crippen molar-refractivity contribution < 1.29 is 13.5 Å². The van der Waals surface area contributed by atoms with E-state index >= 15 is 0 Å². The summed E-state index contributed by atoms with van der Waals surface area (Å²) < 4.78 is 28.5. The highest BCUT2D eigenvalue weighted by molar-refractivity contribution is 7.89. The number of aromatic nitrogens is 1. The first kappa shape index (κ1) is 20.9. The lowest BCUT2D eigenvalue weighted by atomic mass is 9.96. The Hall–Kier alpha value is -2.32. The van der Waals surface area contributed by atoms with E-state index in [1.165, 1.54) is 0 Å². The zero-order valence-electron chi connectivity index (χ0n) is 16.8. The number of benzene rings is 2. The molecular formula is C23H27N3O3S. The molecule has 1 atom stereocenters. The van der Waals surface area contributed by atoms with E-state index in [9.17, 15) is 13.5 Å². The number of rotatable bonds is 7. The third kappa shape index (κ3) is 4.87. The summed E-state index contributed by atoms with van der Waals surface area (Å²) >= 11 is 0. The standard InChI is InChI=1S/C23H27N3O3S/c27-21(19-6-2-1-3-7-19)17-26-14-11-18(12-15-26)16-25-30(28,29)22-10-4-8-20-9-5-13-24-23(20)22/h1-10,13,18,21,25,27H,11-12,14-17H2/t21-/m0/s1. The van der Waals surface area contributed by atoms with Crippen molar-refractivity contribution in [3.05, 3.63) is 72.4 Å². The van der Waals surface area contributed by atoms with Crippen LogP contribution in [0.5, 0.6) is 0 Å². The van der Waals surface area contributed by atoms with Gasteiger partial charge in [-0.25, -0.2) is 13.1 Å². The van der Waals surface area contributed by atoms with Gasteiger partial charge in [0.1, 0.15) is 4.90 Å². The lowest BCUT2D eigenvalue weighted by Crippen LogP contribution is -2.40. The zero-order valence-corrected chi connectivity index (χ0v) is 17.6. The van der Waals surface area contributed by atoms with Crippen LogP contribution >= 0.6 is 0 Å². The minimum Gasteiger partial charge on any atom is -0.387 e. The van der Waals surface area contributed by atoms with Crippen LogP contribution in [-0.2, 0) is 10.0 Å². The van der Waals surface area contributed by atoms with E-state index < -0.39 is 16.1 Å². The molecule has 4 rings (SSSR count). The first-order valence-corrected chi connectivity index (χ1v) is 11.8.